The van der Waals surface area contributed by atoms with Crippen LogP contribution in [0.25, 0.3) is 0 Å². The monoisotopic (exact) mass is 373 g/mol. The van der Waals surface area contributed by atoms with Crippen LogP contribution in [0.3, 0.4) is 0 Å². The molecule has 5 nitrogen and oxygen atoms in total. The van der Waals surface area contributed by atoms with Crippen LogP contribution >= 0.6 is 11.3 Å². The lowest BCUT2D eigenvalue weighted by atomic mass is 10.0. The summed E-state index contributed by atoms with van der Waals surface area (Å²) in [5.41, 5.74) is 3.24. The number of amides is 1. The molecule has 3 rings (SSSR count). The van der Waals surface area contributed by atoms with E-state index in [-0.39, 0.29) is 12.5 Å². The number of hydrogen-bond acceptors (Lipinski definition) is 5. The average molecular weight is 374 g/mol. The summed E-state index contributed by atoms with van der Waals surface area (Å²) in [6.45, 7) is 9.43. The summed E-state index contributed by atoms with van der Waals surface area (Å²) in [6, 6.07) is 5.85. The highest BCUT2D eigenvalue weighted by Crippen LogP contribution is 2.22. The van der Waals surface area contributed by atoms with Crippen molar-refractivity contribution in [2.75, 3.05) is 25.0 Å². The topological polar surface area (TPSA) is 54.5 Å². The second-order valence-electron chi connectivity index (χ2n) is 7.16. The van der Waals surface area contributed by atoms with E-state index >= 15 is 0 Å². The molecule has 0 aliphatic carbocycles. The average Bonchev–Trinajstić information content (AvgIpc) is 3.03. The van der Waals surface area contributed by atoms with Crippen molar-refractivity contribution in [1.29, 1.82) is 0 Å². The Balaban J connectivity index is 1.49. The first-order valence-corrected chi connectivity index (χ1v) is 10.0. The fourth-order valence-electron chi connectivity index (χ4n) is 3.28. The van der Waals surface area contributed by atoms with Crippen molar-refractivity contribution in [3.63, 3.8) is 0 Å². The molecule has 1 aromatic carbocycles. The number of hydrogen-bond donors (Lipinski definition) is 1. The minimum atomic E-state index is -0.182. The van der Waals surface area contributed by atoms with Gasteiger partial charge in [-0.15, -0.1) is 11.3 Å². The first-order valence-electron chi connectivity index (χ1n) is 9.17. The number of thiazole rings is 1. The number of aromatic nitrogens is 1. The number of aryl methyl sites for hydroxylation is 1. The van der Waals surface area contributed by atoms with Crippen molar-refractivity contribution in [1.82, 2.24) is 9.88 Å². The molecule has 1 aliphatic heterocycles. The standard InChI is InChI=1S/C20H27N3O2S/c1-14-6-5-9-23(10-14)11-17-13-26-20(21-17)22-19(24)12-25-18-8-4-7-15(2)16(18)3/h4,7-8,13-14H,5-6,9-12H2,1-3H3,(H,21,22,24). The van der Waals surface area contributed by atoms with Crippen LogP contribution in [0.5, 0.6) is 5.75 Å². The molecule has 0 saturated carbocycles. The number of ether oxygens (including phenoxy) is 1. The van der Waals surface area contributed by atoms with Crippen LogP contribution in [0.1, 0.15) is 36.6 Å². The minimum absolute atomic E-state index is 0.0111. The van der Waals surface area contributed by atoms with E-state index in [1.807, 2.05) is 37.4 Å². The fourth-order valence-corrected chi connectivity index (χ4v) is 3.99. The van der Waals surface area contributed by atoms with E-state index in [1.54, 1.807) is 0 Å². The summed E-state index contributed by atoms with van der Waals surface area (Å²) in [7, 11) is 0. The molecule has 26 heavy (non-hydrogen) atoms. The molecule has 1 unspecified atom stereocenters. The van der Waals surface area contributed by atoms with Crippen molar-refractivity contribution in [2.24, 2.45) is 5.92 Å². The third-order valence-electron chi connectivity index (χ3n) is 4.84. The van der Waals surface area contributed by atoms with E-state index < -0.39 is 0 Å². The number of piperidine rings is 1. The maximum absolute atomic E-state index is 12.1. The molecule has 2 heterocycles. The smallest absolute Gasteiger partial charge is 0.264 e. The Morgan fingerprint density at radius 3 is 3.08 bits per heavy atom. The second kappa shape index (κ2) is 8.64. The number of carbonyl (C=O) groups excluding carboxylic acids is 1. The Bertz CT molecular complexity index is 759. The molecule has 0 bridgehead atoms. The summed E-state index contributed by atoms with van der Waals surface area (Å²) in [5.74, 6) is 1.32. The van der Waals surface area contributed by atoms with Gasteiger partial charge in [-0.05, 0) is 56.3 Å². The van der Waals surface area contributed by atoms with Gasteiger partial charge in [-0.3, -0.25) is 15.0 Å². The van der Waals surface area contributed by atoms with Gasteiger partial charge in [0.1, 0.15) is 5.75 Å². The summed E-state index contributed by atoms with van der Waals surface area (Å²) >= 11 is 1.47. The number of nitrogens with zero attached hydrogens (tertiary/aromatic N) is 2. The van der Waals surface area contributed by atoms with Crippen LogP contribution in [0.2, 0.25) is 0 Å². The Morgan fingerprint density at radius 1 is 1.42 bits per heavy atom. The lowest BCUT2D eigenvalue weighted by molar-refractivity contribution is -0.118. The third-order valence-corrected chi connectivity index (χ3v) is 5.65. The van der Waals surface area contributed by atoms with Gasteiger partial charge < -0.3 is 4.74 Å². The highest BCUT2D eigenvalue weighted by Gasteiger charge is 2.17. The Morgan fingerprint density at radius 2 is 2.27 bits per heavy atom. The van der Waals surface area contributed by atoms with Crippen molar-refractivity contribution in [3.8, 4) is 5.75 Å². The predicted octanol–water partition coefficient (Wildman–Crippen LogP) is 4.01. The van der Waals surface area contributed by atoms with E-state index in [0.717, 1.165) is 48.1 Å². The molecule has 1 atom stereocenters. The van der Waals surface area contributed by atoms with Gasteiger partial charge in [-0.1, -0.05) is 19.1 Å². The molecule has 1 amide bonds. The molecule has 1 N–H and O–H groups in total. The molecular weight excluding hydrogens is 346 g/mol. The summed E-state index contributed by atoms with van der Waals surface area (Å²) in [5, 5.41) is 5.50. The fraction of sp³-hybridized carbons (Fsp3) is 0.500. The molecule has 1 aliphatic rings. The van der Waals surface area contributed by atoms with Crippen molar-refractivity contribution in [2.45, 2.75) is 40.2 Å². The zero-order valence-corrected chi connectivity index (χ0v) is 16.6. The van der Waals surface area contributed by atoms with E-state index in [0.29, 0.717) is 5.13 Å². The van der Waals surface area contributed by atoms with Crippen LogP contribution in [0.4, 0.5) is 5.13 Å². The number of rotatable bonds is 6. The zero-order chi connectivity index (χ0) is 18.5. The highest BCUT2D eigenvalue weighted by molar-refractivity contribution is 7.13. The molecule has 2 aromatic rings. The molecule has 0 spiro atoms. The van der Waals surface area contributed by atoms with Gasteiger partial charge in [0, 0.05) is 18.5 Å². The van der Waals surface area contributed by atoms with Gasteiger partial charge in [-0.25, -0.2) is 4.98 Å². The molecule has 0 radical (unpaired) electrons. The van der Waals surface area contributed by atoms with Gasteiger partial charge >= 0.3 is 0 Å². The first kappa shape index (κ1) is 18.9. The number of likely N-dealkylation sites (tertiary alicyclic amines) is 1. The quantitative estimate of drug-likeness (QED) is 0.831. The van der Waals surface area contributed by atoms with Gasteiger partial charge in [0.15, 0.2) is 11.7 Å². The second-order valence-corrected chi connectivity index (χ2v) is 8.02. The summed E-state index contributed by atoms with van der Waals surface area (Å²) in [4.78, 5) is 19.1. The number of carbonyl (C=O) groups is 1. The summed E-state index contributed by atoms with van der Waals surface area (Å²) < 4.78 is 5.65. The molecule has 1 aromatic heterocycles. The minimum Gasteiger partial charge on any atom is -0.483 e. The lowest BCUT2D eigenvalue weighted by Crippen LogP contribution is -2.33. The van der Waals surface area contributed by atoms with Gasteiger partial charge in [-0.2, -0.15) is 0 Å². The van der Waals surface area contributed by atoms with E-state index in [9.17, 15) is 4.79 Å². The number of anilines is 1. The number of nitrogens with one attached hydrogen (secondary N) is 1. The summed E-state index contributed by atoms with van der Waals surface area (Å²) in [6.07, 6.45) is 2.57. The largest absolute Gasteiger partial charge is 0.483 e. The van der Waals surface area contributed by atoms with E-state index in [1.165, 1.54) is 24.2 Å². The zero-order valence-electron chi connectivity index (χ0n) is 15.7. The van der Waals surface area contributed by atoms with Gasteiger partial charge in [0.05, 0.1) is 5.69 Å². The molecule has 1 fully saturated rings. The Hall–Kier alpha value is -1.92. The van der Waals surface area contributed by atoms with Gasteiger partial charge in [0.2, 0.25) is 0 Å². The van der Waals surface area contributed by atoms with E-state index in [2.05, 4.69) is 22.1 Å². The van der Waals surface area contributed by atoms with Crippen LogP contribution in [0.15, 0.2) is 23.6 Å². The maximum atomic E-state index is 12.1. The van der Waals surface area contributed by atoms with Crippen LogP contribution < -0.4 is 10.1 Å². The van der Waals surface area contributed by atoms with Gasteiger partial charge in [0.25, 0.3) is 5.91 Å². The third kappa shape index (κ3) is 5.05. The predicted molar refractivity (Wildman–Crippen MR) is 106 cm³/mol. The van der Waals surface area contributed by atoms with Crippen molar-refractivity contribution in [3.05, 3.63) is 40.4 Å². The lowest BCUT2D eigenvalue weighted by Gasteiger charge is -2.30. The van der Waals surface area contributed by atoms with Crippen LogP contribution in [-0.2, 0) is 11.3 Å². The SMILES string of the molecule is Cc1cccc(OCC(=O)Nc2nc(CN3CCCC(C)C3)cs2)c1C. The van der Waals surface area contributed by atoms with Crippen LogP contribution in [-0.4, -0.2) is 35.5 Å². The molecular formula is C20H27N3O2S. The molecule has 1 saturated heterocycles. The molecule has 6 heteroatoms. The van der Waals surface area contributed by atoms with Crippen LogP contribution in [0, 0.1) is 19.8 Å². The maximum Gasteiger partial charge on any atom is 0.264 e. The van der Waals surface area contributed by atoms with Crippen molar-refractivity contribution >= 4 is 22.4 Å². The Labute approximate surface area is 159 Å². The van der Waals surface area contributed by atoms with Crippen molar-refractivity contribution < 1.29 is 9.53 Å². The Kier molecular flexibility index (Phi) is 6.27. The van der Waals surface area contributed by atoms with E-state index in [4.69, 9.17) is 4.74 Å². The first-order chi connectivity index (χ1) is 12.5. The molecule has 140 valence electrons. The highest BCUT2D eigenvalue weighted by atomic mass is 32.1. The number of benzene rings is 1. The normalized spacial score (nSPS) is 17.9.